The summed E-state index contributed by atoms with van der Waals surface area (Å²) >= 11 is 0. The van der Waals surface area contributed by atoms with Crippen molar-refractivity contribution in [2.75, 3.05) is 13.7 Å². The number of benzene rings is 1. The van der Waals surface area contributed by atoms with Crippen molar-refractivity contribution in [3.63, 3.8) is 0 Å². The average molecular weight is 249 g/mol. The number of ether oxygens (including phenoxy) is 1. The van der Waals surface area contributed by atoms with Gasteiger partial charge in [-0.3, -0.25) is 4.79 Å². The third-order valence-electron chi connectivity index (χ3n) is 3.15. The zero-order chi connectivity index (χ0) is 13.0. The Balaban J connectivity index is 2.07. The van der Waals surface area contributed by atoms with Gasteiger partial charge in [0.05, 0.1) is 6.61 Å². The molecule has 0 saturated heterocycles. The van der Waals surface area contributed by atoms with Crippen molar-refractivity contribution in [3.8, 4) is 0 Å². The van der Waals surface area contributed by atoms with E-state index in [9.17, 15) is 9.90 Å². The summed E-state index contributed by atoms with van der Waals surface area (Å²) in [6.45, 7) is 1.29. The van der Waals surface area contributed by atoms with E-state index < -0.39 is 12.0 Å². The second-order valence-corrected chi connectivity index (χ2v) is 4.80. The molecule has 1 fully saturated rings. The van der Waals surface area contributed by atoms with Crippen molar-refractivity contribution in [2.45, 2.75) is 25.5 Å². The molecular formula is C14H19NO3. The Kier molecular flexibility index (Phi) is 4.33. The first-order chi connectivity index (χ1) is 8.70. The van der Waals surface area contributed by atoms with Crippen LogP contribution in [0.2, 0.25) is 0 Å². The predicted molar refractivity (Wildman–Crippen MR) is 68.3 cm³/mol. The van der Waals surface area contributed by atoms with Crippen molar-refractivity contribution in [2.24, 2.45) is 5.92 Å². The molecule has 2 rings (SSSR count). The van der Waals surface area contributed by atoms with Gasteiger partial charge in [-0.1, -0.05) is 24.3 Å². The van der Waals surface area contributed by atoms with Crippen molar-refractivity contribution in [3.05, 3.63) is 35.4 Å². The fourth-order valence-corrected chi connectivity index (χ4v) is 1.98. The maximum Gasteiger partial charge on any atom is 0.325 e. The van der Waals surface area contributed by atoms with Crippen LogP contribution in [0.1, 0.15) is 30.0 Å². The number of carboxylic acid groups (broad SMARTS) is 1. The lowest BCUT2D eigenvalue weighted by Gasteiger charge is -2.15. The fraction of sp³-hybridized carbons (Fsp3) is 0.500. The van der Waals surface area contributed by atoms with Crippen molar-refractivity contribution in [1.82, 2.24) is 5.32 Å². The van der Waals surface area contributed by atoms with Crippen LogP contribution in [0.4, 0.5) is 0 Å². The van der Waals surface area contributed by atoms with Crippen LogP contribution in [0.15, 0.2) is 24.3 Å². The van der Waals surface area contributed by atoms with E-state index in [0.29, 0.717) is 12.5 Å². The molecule has 1 aromatic carbocycles. The van der Waals surface area contributed by atoms with Crippen LogP contribution in [-0.4, -0.2) is 24.7 Å². The van der Waals surface area contributed by atoms with Crippen LogP contribution < -0.4 is 5.32 Å². The third-order valence-corrected chi connectivity index (χ3v) is 3.15. The lowest BCUT2D eigenvalue weighted by Crippen LogP contribution is -2.30. The summed E-state index contributed by atoms with van der Waals surface area (Å²) in [6.07, 6.45) is 2.42. The Hall–Kier alpha value is -1.39. The van der Waals surface area contributed by atoms with Gasteiger partial charge >= 0.3 is 5.97 Å². The average Bonchev–Trinajstić information content (AvgIpc) is 3.14. The van der Waals surface area contributed by atoms with E-state index in [1.807, 2.05) is 24.3 Å². The van der Waals surface area contributed by atoms with Gasteiger partial charge in [-0.15, -0.1) is 0 Å². The highest BCUT2D eigenvalue weighted by molar-refractivity contribution is 5.75. The van der Waals surface area contributed by atoms with E-state index in [2.05, 4.69) is 5.32 Å². The second-order valence-electron chi connectivity index (χ2n) is 4.80. The molecule has 0 aromatic heterocycles. The Morgan fingerprint density at radius 2 is 2.33 bits per heavy atom. The molecule has 1 unspecified atom stereocenters. The van der Waals surface area contributed by atoms with Gasteiger partial charge in [0.2, 0.25) is 0 Å². The van der Waals surface area contributed by atoms with Gasteiger partial charge in [0, 0.05) is 7.11 Å². The van der Waals surface area contributed by atoms with Gasteiger partial charge in [0.25, 0.3) is 0 Å². The quantitative estimate of drug-likeness (QED) is 0.775. The summed E-state index contributed by atoms with van der Waals surface area (Å²) < 4.78 is 5.06. The molecule has 0 amide bonds. The van der Waals surface area contributed by atoms with Gasteiger partial charge in [-0.05, 0) is 36.4 Å². The summed E-state index contributed by atoms with van der Waals surface area (Å²) in [7, 11) is 1.63. The summed E-state index contributed by atoms with van der Waals surface area (Å²) in [5.41, 5.74) is 1.78. The normalized spacial score (nSPS) is 16.5. The number of carboxylic acids is 1. The highest BCUT2D eigenvalue weighted by atomic mass is 16.5. The standard InChI is InChI=1S/C14H19NO3/c1-18-9-11-3-2-4-12(7-11)13(14(16)17)15-8-10-5-6-10/h2-4,7,10,13,15H,5-6,8-9H2,1H3,(H,16,17). The number of methoxy groups -OCH3 is 1. The maximum absolute atomic E-state index is 11.3. The van der Waals surface area contributed by atoms with Crippen LogP contribution >= 0.6 is 0 Å². The molecule has 1 aliphatic rings. The summed E-state index contributed by atoms with van der Waals surface area (Å²) in [5.74, 6) is -0.167. The molecule has 1 aromatic rings. The first-order valence-corrected chi connectivity index (χ1v) is 6.24. The van der Waals surface area contributed by atoms with E-state index in [1.54, 1.807) is 7.11 Å². The SMILES string of the molecule is COCc1cccc(C(NCC2CC2)C(=O)O)c1. The molecule has 0 radical (unpaired) electrons. The summed E-state index contributed by atoms with van der Waals surface area (Å²) in [5, 5.41) is 12.4. The molecule has 0 heterocycles. The third kappa shape index (κ3) is 3.55. The minimum atomic E-state index is -0.829. The molecule has 1 atom stereocenters. The van der Waals surface area contributed by atoms with E-state index in [-0.39, 0.29) is 0 Å². The molecule has 2 N–H and O–H groups in total. The fourth-order valence-electron chi connectivity index (χ4n) is 1.98. The molecule has 0 spiro atoms. The molecule has 4 nitrogen and oxygen atoms in total. The van der Waals surface area contributed by atoms with E-state index >= 15 is 0 Å². The molecular weight excluding hydrogens is 230 g/mol. The molecule has 18 heavy (non-hydrogen) atoms. The van der Waals surface area contributed by atoms with Crippen molar-refractivity contribution >= 4 is 5.97 Å². The van der Waals surface area contributed by atoms with E-state index in [4.69, 9.17) is 4.74 Å². The molecule has 1 aliphatic carbocycles. The largest absolute Gasteiger partial charge is 0.480 e. The Morgan fingerprint density at radius 3 is 2.94 bits per heavy atom. The zero-order valence-electron chi connectivity index (χ0n) is 10.6. The lowest BCUT2D eigenvalue weighted by atomic mass is 10.0. The number of aliphatic carboxylic acids is 1. The predicted octanol–water partition coefficient (Wildman–Crippen LogP) is 1.96. The summed E-state index contributed by atoms with van der Waals surface area (Å²) in [6, 6.07) is 6.92. The van der Waals surface area contributed by atoms with Gasteiger partial charge in [0.15, 0.2) is 0 Å². The summed E-state index contributed by atoms with van der Waals surface area (Å²) in [4.78, 5) is 11.3. The first-order valence-electron chi connectivity index (χ1n) is 6.24. The first kappa shape index (κ1) is 13.1. The highest BCUT2D eigenvalue weighted by Crippen LogP contribution is 2.28. The zero-order valence-corrected chi connectivity index (χ0v) is 10.6. The van der Waals surface area contributed by atoms with Crippen molar-refractivity contribution < 1.29 is 14.6 Å². The second kappa shape index (κ2) is 5.98. The Morgan fingerprint density at radius 1 is 1.56 bits per heavy atom. The Labute approximate surface area is 107 Å². The Bertz CT molecular complexity index is 415. The van der Waals surface area contributed by atoms with Gasteiger partial charge in [-0.2, -0.15) is 0 Å². The number of hydrogen-bond donors (Lipinski definition) is 2. The minimum Gasteiger partial charge on any atom is -0.480 e. The van der Waals surface area contributed by atoms with Gasteiger partial charge in [0.1, 0.15) is 6.04 Å². The molecule has 4 heteroatoms. The lowest BCUT2D eigenvalue weighted by molar-refractivity contribution is -0.139. The van der Waals surface area contributed by atoms with E-state index in [0.717, 1.165) is 17.7 Å². The highest BCUT2D eigenvalue weighted by Gasteiger charge is 2.25. The monoisotopic (exact) mass is 249 g/mol. The molecule has 98 valence electrons. The molecule has 0 aliphatic heterocycles. The molecule has 0 bridgehead atoms. The topological polar surface area (TPSA) is 58.6 Å². The van der Waals surface area contributed by atoms with Gasteiger partial charge < -0.3 is 15.2 Å². The van der Waals surface area contributed by atoms with E-state index in [1.165, 1.54) is 12.8 Å². The van der Waals surface area contributed by atoms with Crippen LogP contribution in [0.5, 0.6) is 0 Å². The van der Waals surface area contributed by atoms with Crippen LogP contribution in [0.25, 0.3) is 0 Å². The number of hydrogen-bond acceptors (Lipinski definition) is 3. The van der Waals surface area contributed by atoms with Crippen LogP contribution in [0.3, 0.4) is 0 Å². The van der Waals surface area contributed by atoms with Crippen LogP contribution in [-0.2, 0) is 16.1 Å². The number of rotatable bonds is 7. The number of nitrogens with one attached hydrogen (secondary N) is 1. The minimum absolute atomic E-state index is 0.503. The van der Waals surface area contributed by atoms with Crippen LogP contribution in [0, 0.1) is 5.92 Å². The molecule has 1 saturated carbocycles. The smallest absolute Gasteiger partial charge is 0.325 e. The van der Waals surface area contributed by atoms with Crippen molar-refractivity contribution in [1.29, 1.82) is 0 Å². The van der Waals surface area contributed by atoms with Gasteiger partial charge in [-0.25, -0.2) is 0 Å². The maximum atomic E-state index is 11.3. The number of carbonyl (C=O) groups is 1.